The van der Waals surface area contributed by atoms with E-state index in [1.165, 1.54) is 25.1 Å². The van der Waals surface area contributed by atoms with Gasteiger partial charge >= 0.3 is 0 Å². The monoisotopic (exact) mass is 340 g/mol. The number of phenols is 1. The molecule has 2 aromatic carbocycles. The van der Waals surface area contributed by atoms with Gasteiger partial charge in [-0.2, -0.15) is 0 Å². The highest BCUT2D eigenvalue weighted by Crippen LogP contribution is 2.24. The smallest absolute Gasteiger partial charge is 0.221 e. The highest BCUT2D eigenvalue weighted by atomic mass is 16.3. The third-order valence-electron chi connectivity index (χ3n) is 3.62. The molecule has 0 radical (unpaired) electrons. The molecule has 0 fully saturated rings. The molecule has 0 unspecified atom stereocenters. The highest BCUT2D eigenvalue weighted by molar-refractivity contribution is 6.15. The Hall–Kier alpha value is -3.15. The van der Waals surface area contributed by atoms with E-state index >= 15 is 0 Å². The lowest BCUT2D eigenvalue weighted by atomic mass is 10.00. The maximum absolute atomic E-state index is 12.4. The fraction of sp³-hybridized carbons (Fsp3) is 0.211. The highest BCUT2D eigenvalue weighted by Gasteiger charge is 2.18. The summed E-state index contributed by atoms with van der Waals surface area (Å²) in [7, 11) is 3.72. The van der Waals surface area contributed by atoms with E-state index in [4.69, 9.17) is 0 Å². The van der Waals surface area contributed by atoms with Crippen LogP contribution in [0.3, 0.4) is 0 Å². The number of hydrogen-bond acceptors (Lipinski definition) is 5. The normalized spacial score (nSPS) is 10.2. The quantitative estimate of drug-likeness (QED) is 0.480. The molecule has 1 amide bonds. The average molecular weight is 340 g/mol. The van der Waals surface area contributed by atoms with Gasteiger partial charge in [-0.15, -0.1) is 0 Å². The number of nitrogens with one attached hydrogen (secondary N) is 1. The van der Waals surface area contributed by atoms with Gasteiger partial charge in [-0.05, 0) is 30.3 Å². The first-order chi connectivity index (χ1) is 11.8. The van der Waals surface area contributed by atoms with Crippen LogP contribution in [0, 0.1) is 0 Å². The number of rotatable bonds is 6. The molecule has 0 spiro atoms. The summed E-state index contributed by atoms with van der Waals surface area (Å²) in [5.74, 6) is -1.36. The van der Waals surface area contributed by atoms with Gasteiger partial charge < -0.3 is 15.3 Å². The SMILES string of the molecule is CC(=O)Nc1ccc(O)c(C(=O)CC(=O)c2cccc(N(C)C)c2)c1. The van der Waals surface area contributed by atoms with Crippen molar-refractivity contribution in [2.45, 2.75) is 13.3 Å². The molecule has 2 rings (SSSR count). The van der Waals surface area contributed by atoms with E-state index in [9.17, 15) is 19.5 Å². The molecule has 0 saturated carbocycles. The van der Waals surface area contributed by atoms with E-state index in [2.05, 4.69) is 5.32 Å². The van der Waals surface area contributed by atoms with Gasteiger partial charge in [0.2, 0.25) is 5.91 Å². The fourth-order valence-electron chi connectivity index (χ4n) is 2.34. The zero-order valence-electron chi connectivity index (χ0n) is 14.4. The molecule has 6 heteroatoms. The number of hydrogen-bond donors (Lipinski definition) is 2. The van der Waals surface area contributed by atoms with Crippen molar-refractivity contribution in [3.63, 3.8) is 0 Å². The predicted octanol–water partition coefficient (Wildman–Crippen LogP) is 2.87. The first kappa shape index (κ1) is 18.2. The lowest BCUT2D eigenvalue weighted by Gasteiger charge is -2.13. The molecule has 0 bridgehead atoms. The van der Waals surface area contributed by atoms with E-state index in [1.54, 1.807) is 18.2 Å². The van der Waals surface area contributed by atoms with Crippen molar-refractivity contribution in [1.82, 2.24) is 0 Å². The Bertz CT molecular complexity index is 828. The molecule has 0 aromatic heterocycles. The van der Waals surface area contributed by atoms with Crippen molar-refractivity contribution in [1.29, 1.82) is 0 Å². The van der Waals surface area contributed by atoms with Crippen LogP contribution in [0.2, 0.25) is 0 Å². The maximum Gasteiger partial charge on any atom is 0.221 e. The van der Waals surface area contributed by atoms with Crippen LogP contribution in [0.1, 0.15) is 34.1 Å². The Labute approximate surface area is 146 Å². The lowest BCUT2D eigenvalue weighted by molar-refractivity contribution is -0.114. The van der Waals surface area contributed by atoms with E-state index in [0.29, 0.717) is 11.3 Å². The summed E-state index contributed by atoms with van der Waals surface area (Å²) in [4.78, 5) is 37.8. The second kappa shape index (κ2) is 7.61. The molecular formula is C19H20N2O4. The number of phenolic OH excluding ortho intramolecular Hbond substituents is 1. The lowest BCUT2D eigenvalue weighted by Crippen LogP contribution is -2.12. The van der Waals surface area contributed by atoms with Gasteiger partial charge in [-0.1, -0.05) is 12.1 Å². The number of nitrogens with zero attached hydrogens (tertiary/aromatic N) is 1. The summed E-state index contributed by atoms with van der Waals surface area (Å²) in [5.41, 5.74) is 1.67. The number of anilines is 2. The number of ketones is 2. The molecule has 2 aromatic rings. The van der Waals surface area contributed by atoms with Crippen molar-refractivity contribution < 1.29 is 19.5 Å². The number of carbonyl (C=O) groups is 3. The van der Waals surface area contributed by atoms with Crippen LogP contribution in [-0.4, -0.2) is 36.7 Å². The van der Waals surface area contributed by atoms with E-state index in [1.807, 2.05) is 25.1 Å². The number of carbonyl (C=O) groups excluding carboxylic acids is 3. The van der Waals surface area contributed by atoms with Gasteiger partial charge in [0.25, 0.3) is 0 Å². The van der Waals surface area contributed by atoms with Gasteiger partial charge in [-0.3, -0.25) is 14.4 Å². The van der Waals surface area contributed by atoms with Gasteiger partial charge in [0.1, 0.15) is 5.75 Å². The zero-order valence-corrected chi connectivity index (χ0v) is 14.4. The topological polar surface area (TPSA) is 86.7 Å². The predicted molar refractivity (Wildman–Crippen MR) is 96.5 cm³/mol. The summed E-state index contributed by atoms with van der Waals surface area (Å²) in [5, 5.41) is 12.4. The van der Waals surface area contributed by atoms with Crippen LogP contribution in [0.4, 0.5) is 11.4 Å². The van der Waals surface area contributed by atoms with Crippen LogP contribution in [-0.2, 0) is 4.79 Å². The summed E-state index contributed by atoms with van der Waals surface area (Å²) in [6.45, 7) is 1.34. The molecule has 0 saturated heterocycles. The van der Waals surface area contributed by atoms with Crippen LogP contribution in [0.5, 0.6) is 5.75 Å². The Kier molecular flexibility index (Phi) is 5.54. The molecule has 0 aliphatic carbocycles. The minimum Gasteiger partial charge on any atom is -0.507 e. The summed E-state index contributed by atoms with van der Waals surface area (Å²) in [6.07, 6.45) is -0.367. The van der Waals surface area contributed by atoms with Gasteiger partial charge in [0.05, 0.1) is 12.0 Å². The van der Waals surface area contributed by atoms with E-state index in [0.717, 1.165) is 5.69 Å². The molecule has 2 N–H and O–H groups in total. The number of amides is 1. The van der Waals surface area contributed by atoms with Crippen LogP contribution in [0.25, 0.3) is 0 Å². The average Bonchev–Trinajstić information content (AvgIpc) is 2.56. The molecule has 0 aliphatic heterocycles. The van der Waals surface area contributed by atoms with Crippen molar-refractivity contribution in [2.24, 2.45) is 0 Å². The molecular weight excluding hydrogens is 320 g/mol. The minimum atomic E-state index is -0.509. The van der Waals surface area contributed by atoms with Gasteiger partial charge in [0.15, 0.2) is 11.6 Å². The third-order valence-corrected chi connectivity index (χ3v) is 3.62. The number of benzene rings is 2. The van der Waals surface area contributed by atoms with Gasteiger partial charge in [-0.25, -0.2) is 0 Å². The van der Waals surface area contributed by atoms with Crippen molar-refractivity contribution in [2.75, 3.05) is 24.3 Å². The molecule has 0 heterocycles. The zero-order chi connectivity index (χ0) is 18.6. The Morgan fingerprint density at radius 3 is 2.40 bits per heavy atom. The van der Waals surface area contributed by atoms with Crippen molar-refractivity contribution >= 4 is 28.8 Å². The molecule has 0 atom stereocenters. The van der Waals surface area contributed by atoms with E-state index < -0.39 is 5.78 Å². The maximum atomic E-state index is 12.4. The number of Topliss-reactive ketones (excluding diaryl/α,β-unsaturated/α-hetero) is 2. The second-order valence-electron chi connectivity index (χ2n) is 5.88. The Morgan fingerprint density at radius 1 is 1.04 bits per heavy atom. The fourth-order valence-corrected chi connectivity index (χ4v) is 2.34. The van der Waals surface area contributed by atoms with Crippen molar-refractivity contribution in [3.8, 4) is 5.75 Å². The molecule has 6 nitrogen and oxygen atoms in total. The second-order valence-corrected chi connectivity index (χ2v) is 5.88. The van der Waals surface area contributed by atoms with Crippen LogP contribution >= 0.6 is 0 Å². The van der Waals surface area contributed by atoms with Crippen molar-refractivity contribution in [3.05, 3.63) is 53.6 Å². The third kappa shape index (κ3) is 4.67. The van der Waals surface area contributed by atoms with Crippen LogP contribution in [0.15, 0.2) is 42.5 Å². The molecule has 25 heavy (non-hydrogen) atoms. The summed E-state index contributed by atoms with van der Waals surface area (Å²) in [6, 6.07) is 11.1. The first-order valence-corrected chi connectivity index (χ1v) is 7.72. The van der Waals surface area contributed by atoms with E-state index in [-0.39, 0.29) is 29.4 Å². The van der Waals surface area contributed by atoms with Gasteiger partial charge in [0, 0.05) is 38.0 Å². The molecule has 0 aliphatic rings. The first-order valence-electron chi connectivity index (χ1n) is 7.72. The minimum absolute atomic E-state index is 0.00311. The largest absolute Gasteiger partial charge is 0.507 e. The number of aromatic hydroxyl groups is 1. The molecule has 130 valence electrons. The standard InChI is InChI=1S/C19H20N2O4/c1-12(22)20-14-7-8-17(23)16(10-14)19(25)11-18(24)13-5-4-6-15(9-13)21(2)3/h4-10,23H,11H2,1-3H3,(H,20,22). The summed E-state index contributed by atoms with van der Waals surface area (Å²) < 4.78 is 0. The van der Waals surface area contributed by atoms with Crippen LogP contribution < -0.4 is 10.2 Å². The Balaban J connectivity index is 2.20. The summed E-state index contributed by atoms with van der Waals surface area (Å²) >= 11 is 0. The Morgan fingerprint density at radius 2 is 1.76 bits per heavy atom.